The van der Waals surface area contributed by atoms with E-state index in [9.17, 15) is 4.79 Å². The van der Waals surface area contributed by atoms with Gasteiger partial charge in [-0.15, -0.1) is 0 Å². The summed E-state index contributed by atoms with van der Waals surface area (Å²) in [4.78, 5) is 13.6. The fraction of sp³-hybridized carbons (Fsp3) is 0.333. The third kappa shape index (κ3) is 2.12. The molecule has 2 rings (SSSR count). The molecule has 5 heteroatoms. The zero-order chi connectivity index (χ0) is 12.4. The maximum absolute atomic E-state index is 12.0. The number of anilines is 1. The van der Waals surface area contributed by atoms with Crippen LogP contribution in [0.1, 0.15) is 12.0 Å². The lowest BCUT2D eigenvalue weighted by Gasteiger charge is -2.17. The Balaban J connectivity index is 2.28. The molecule has 1 heterocycles. The largest absolute Gasteiger partial charge is 0.311 e. The van der Waals surface area contributed by atoms with E-state index in [1.165, 1.54) is 0 Å². The number of hydrogen-bond acceptors (Lipinski definition) is 3. The summed E-state index contributed by atoms with van der Waals surface area (Å²) in [6.45, 7) is 0.673. The smallest absolute Gasteiger partial charge is 0.244 e. The number of rotatable bonds is 2. The van der Waals surface area contributed by atoms with Crippen molar-refractivity contribution in [2.75, 3.05) is 18.5 Å². The van der Waals surface area contributed by atoms with E-state index in [2.05, 4.69) is 5.32 Å². The number of nitrogens with zero attached hydrogens (tertiary/aromatic N) is 2. The highest BCUT2D eigenvalue weighted by atomic mass is 35.5. The second-order valence-corrected chi connectivity index (χ2v) is 4.30. The van der Waals surface area contributed by atoms with Gasteiger partial charge in [0.15, 0.2) is 0 Å². The fourth-order valence-electron chi connectivity index (χ4n) is 1.97. The topological polar surface area (TPSA) is 56.1 Å². The monoisotopic (exact) mass is 249 g/mol. The van der Waals surface area contributed by atoms with Crippen LogP contribution >= 0.6 is 11.6 Å². The van der Waals surface area contributed by atoms with Crippen LogP contribution in [0.3, 0.4) is 0 Å². The minimum absolute atomic E-state index is 0.0493. The van der Waals surface area contributed by atoms with E-state index in [1.54, 1.807) is 30.1 Å². The first kappa shape index (κ1) is 11.9. The van der Waals surface area contributed by atoms with E-state index < -0.39 is 0 Å². The normalized spacial score (nSPS) is 19.5. The highest BCUT2D eigenvalue weighted by Gasteiger charge is 2.31. The molecule has 0 bridgehead atoms. The van der Waals surface area contributed by atoms with Crippen molar-refractivity contribution in [2.24, 2.45) is 0 Å². The first-order chi connectivity index (χ1) is 8.17. The van der Waals surface area contributed by atoms with Crippen LogP contribution in [0.25, 0.3) is 0 Å². The van der Waals surface area contributed by atoms with E-state index in [0.717, 1.165) is 12.1 Å². The average Bonchev–Trinajstić information content (AvgIpc) is 2.70. The molecule has 1 aromatic rings. The van der Waals surface area contributed by atoms with Crippen molar-refractivity contribution in [3.63, 3.8) is 0 Å². The molecule has 1 aromatic carbocycles. The molecule has 0 spiro atoms. The van der Waals surface area contributed by atoms with Crippen LogP contribution in [0, 0.1) is 11.3 Å². The summed E-state index contributed by atoms with van der Waals surface area (Å²) in [5.74, 6) is 0.0493. The van der Waals surface area contributed by atoms with Crippen molar-refractivity contribution in [2.45, 2.75) is 12.5 Å². The van der Waals surface area contributed by atoms with Gasteiger partial charge in [-0.05, 0) is 31.7 Å². The van der Waals surface area contributed by atoms with E-state index >= 15 is 0 Å². The van der Waals surface area contributed by atoms with E-state index in [0.29, 0.717) is 17.1 Å². The first-order valence-electron chi connectivity index (χ1n) is 5.35. The zero-order valence-corrected chi connectivity index (χ0v) is 10.2. The number of nitriles is 1. The predicted molar refractivity (Wildman–Crippen MR) is 66.0 cm³/mol. The molecule has 88 valence electrons. The maximum atomic E-state index is 12.0. The second kappa shape index (κ2) is 4.74. The molecule has 1 N–H and O–H groups in total. The average molecular weight is 250 g/mol. The Kier molecular flexibility index (Phi) is 3.32. The number of amides is 1. The Morgan fingerprint density at radius 2 is 2.35 bits per heavy atom. The van der Waals surface area contributed by atoms with Crippen LogP contribution in [0.2, 0.25) is 5.02 Å². The van der Waals surface area contributed by atoms with Crippen molar-refractivity contribution in [3.05, 3.63) is 28.8 Å². The van der Waals surface area contributed by atoms with Gasteiger partial charge in [-0.25, -0.2) is 0 Å². The Morgan fingerprint density at radius 3 is 2.88 bits per heavy atom. The van der Waals surface area contributed by atoms with Crippen LogP contribution in [-0.4, -0.2) is 25.5 Å². The van der Waals surface area contributed by atoms with Gasteiger partial charge < -0.3 is 10.2 Å². The summed E-state index contributed by atoms with van der Waals surface area (Å²) >= 11 is 5.95. The summed E-state index contributed by atoms with van der Waals surface area (Å²) < 4.78 is 0. The SMILES string of the molecule is CNC1CCN(c2ccc(C#N)c(Cl)c2)C1=O. The van der Waals surface area contributed by atoms with Crippen LogP contribution in [0.15, 0.2) is 18.2 Å². The lowest BCUT2D eigenvalue weighted by molar-refractivity contribution is -0.118. The summed E-state index contributed by atoms with van der Waals surface area (Å²) in [5, 5.41) is 12.1. The summed E-state index contributed by atoms with van der Waals surface area (Å²) in [7, 11) is 1.78. The van der Waals surface area contributed by atoms with E-state index in [1.807, 2.05) is 6.07 Å². The minimum Gasteiger partial charge on any atom is -0.311 e. The number of likely N-dealkylation sites (N-methyl/N-ethyl adjacent to an activating group) is 1. The number of halogens is 1. The fourth-order valence-corrected chi connectivity index (χ4v) is 2.18. The molecular formula is C12H12ClN3O. The van der Waals surface area contributed by atoms with Crippen molar-refractivity contribution >= 4 is 23.2 Å². The van der Waals surface area contributed by atoms with Gasteiger partial charge in [0.2, 0.25) is 5.91 Å². The van der Waals surface area contributed by atoms with Gasteiger partial charge in [0.1, 0.15) is 6.07 Å². The molecule has 0 aliphatic carbocycles. The molecule has 17 heavy (non-hydrogen) atoms. The third-order valence-corrected chi connectivity index (χ3v) is 3.25. The molecule has 0 radical (unpaired) electrons. The first-order valence-corrected chi connectivity index (χ1v) is 5.73. The van der Waals surface area contributed by atoms with Crippen LogP contribution in [-0.2, 0) is 4.79 Å². The lowest BCUT2D eigenvalue weighted by atomic mass is 10.2. The quantitative estimate of drug-likeness (QED) is 0.865. The number of hydrogen-bond donors (Lipinski definition) is 1. The van der Waals surface area contributed by atoms with Crippen molar-refractivity contribution in [1.29, 1.82) is 5.26 Å². The molecule has 0 aromatic heterocycles. The molecule has 4 nitrogen and oxygen atoms in total. The Hall–Kier alpha value is -1.57. The highest BCUT2D eigenvalue weighted by molar-refractivity contribution is 6.32. The molecule has 1 aliphatic heterocycles. The van der Waals surface area contributed by atoms with Crippen molar-refractivity contribution < 1.29 is 4.79 Å². The maximum Gasteiger partial charge on any atom is 0.244 e. The number of benzene rings is 1. The molecule has 0 saturated carbocycles. The molecule has 1 atom stereocenters. The number of carbonyl (C=O) groups is 1. The summed E-state index contributed by atoms with van der Waals surface area (Å²) in [6, 6.07) is 6.93. The van der Waals surface area contributed by atoms with Gasteiger partial charge in [-0.2, -0.15) is 5.26 Å². The van der Waals surface area contributed by atoms with Gasteiger partial charge in [-0.1, -0.05) is 11.6 Å². The van der Waals surface area contributed by atoms with Crippen LogP contribution in [0.4, 0.5) is 5.69 Å². The van der Waals surface area contributed by atoms with Crippen molar-refractivity contribution in [1.82, 2.24) is 5.32 Å². The van der Waals surface area contributed by atoms with Crippen LogP contribution in [0.5, 0.6) is 0 Å². The Labute approximate surface area is 105 Å². The third-order valence-electron chi connectivity index (χ3n) is 2.94. The van der Waals surface area contributed by atoms with Gasteiger partial charge in [0, 0.05) is 12.2 Å². The zero-order valence-electron chi connectivity index (χ0n) is 9.40. The minimum atomic E-state index is -0.121. The summed E-state index contributed by atoms with van der Waals surface area (Å²) in [6.07, 6.45) is 0.785. The second-order valence-electron chi connectivity index (χ2n) is 3.90. The molecular weight excluding hydrogens is 238 g/mol. The van der Waals surface area contributed by atoms with Gasteiger partial charge in [0.25, 0.3) is 0 Å². The Bertz CT molecular complexity index is 495. The summed E-state index contributed by atoms with van der Waals surface area (Å²) in [5.41, 5.74) is 1.17. The van der Waals surface area contributed by atoms with Gasteiger partial charge in [0.05, 0.1) is 16.6 Å². The molecule has 1 amide bonds. The van der Waals surface area contributed by atoms with Crippen LogP contribution < -0.4 is 10.2 Å². The van der Waals surface area contributed by atoms with Crippen molar-refractivity contribution in [3.8, 4) is 6.07 Å². The predicted octanol–water partition coefficient (Wildman–Crippen LogP) is 1.54. The molecule has 1 saturated heterocycles. The highest BCUT2D eigenvalue weighted by Crippen LogP contribution is 2.26. The molecule has 1 aliphatic rings. The number of carbonyl (C=O) groups excluding carboxylic acids is 1. The lowest BCUT2D eigenvalue weighted by Crippen LogP contribution is -2.36. The molecule has 1 unspecified atom stereocenters. The van der Waals surface area contributed by atoms with Gasteiger partial charge in [-0.3, -0.25) is 4.79 Å². The van der Waals surface area contributed by atoms with E-state index in [4.69, 9.17) is 16.9 Å². The Morgan fingerprint density at radius 1 is 1.59 bits per heavy atom. The van der Waals surface area contributed by atoms with Gasteiger partial charge >= 0.3 is 0 Å². The standard InChI is InChI=1S/C12H12ClN3O/c1-15-11-4-5-16(12(11)17)9-3-2-8(7-14)10(13)6-9/h2-3,6,11,15H,4-5H2,1H3. The molecule has 1 fully saturated rings. The van der Waals surface area contributed by atoms with E-state index in [-0.39, 0.29) is 11.9 Å². The number of nitrogens with one attached hydrogen (secondary N) is 1.